The summed E-state index contributed by atoms with van der Waals surface area (Å²) in [6, 6.07) is 0. The van der Waals surface area contributed by atoms with Crippen molar-refractivity contribution >= 4 is 28.7 Å². The highest BCUT2D eigenvalue weighted by Gasteiger charge is 2.36. The molecule has 1 aliphatic rings. The number of unbranched alkanes of at least 4 members (excludes halogenated alkanes) is 13. The number of primary amides is 1. The van der Waals surface area contributed by atoms with Crippen molar-refractivity contribution < 1.29 is 29.3 Å². The van der Waals surface area contributed by atoms with E-state index in [2.05, 4.69) is 22.2 Å². The molecule has 0 spiro atoms. The van der Waals surface area contributed by atoms with Gasteiger partial charge in [-0.05, 0) is 13.3 Å². The number of fused-ring (bicyclic) bond motifs is 1. The average molecular weight is 604 g/mol. The number of carbonyl (C=O) groups is 2. The number of hydrogen-bond acceptors (Lipinski definition) is 8. The molecule has 0 aromatic carbocycles. The number of aliphatic hydroxyl groups is 2. The molecule has 0 aliphatic carbocycles. The van der Waals surface area contributed by atoms with E-state index in [1.807, 2.05) is 0 Å². The molecule has 3 rings (SSSR count). The van der Waals surface area contributed by atoms with Crippen molar-refractivity contribution in [2.24, 2.45) is 5.73 Å². The summed E-state index contributed by atoms with van der Waals surface area (Å²) in [5.74, 6) is -0.439. The molecule has 43 heavy (non-hydrogen) atoms. The maximum absolute atomic E-state index is 12.7. The van der Waals surface area contributed by atoms with Gasteiger partial charge < -0.3 is 35.3 Å². The van der Waals surface area contributed by atoms with Crippen molar-refractivity contribution in [2.45, 2.75) is 135 Å². The number of aryl methyl sites for hydroxylation is 1. The van der Waals surface area contributed by atoms with E-state index < -0.39 is 24.3 Å². The first-order valence-electron chi connectivity index (χ1n) is 16.4. The van der Waals surface area contributed by atoms with Crippen LogP contribution in [0.4, 0.5) is 5.82 Å². The minimum Gasteiger partial charge on any atom is -0.394 e. The molecule has 1 aliphatic heterocycles. The maximum atomic E-state index is 12.7. The summed E-state index contributed by atoms with van der Waals surface area (Å²) in [7, 11) is 0. The van der Waals surface area contributed by atoms with Gasteiger partial charge >= 0.3 is 0 Å². The van der Waals surface area contributed by atoms with Crippen molar-refractivity contribution in [3.63, 3.8) is 0 Å². The first-order valence-corrected chi connectivity index (χ1v) is 16.4. The number of ether oxygens (including phenoxy) is 2. The van der Waals surface area contributed by atoms with Gasteiger partial charge in [0.05, 0.1) is 36.7 Å². The number of hydrogen-bond donors (Lipinski definition) is 4. The smallest absolute Gasteiger partial charge is 0.251 e. The number of aliphatic hydroxyl groups excluding tert-OH is 2. The van der Waals surface area contributed by atoms with E-state index in [1.54, 1.807) is 11.5 Å². The molecule has 2 aromatic rings. The van der Waals surface area contributed by atoms with Crippen LogP contribution >= 0.6 is 0 Å². The molecule has 1 saturated heterocycles. The van der Waals surface area contributed by atoms with E-state index in [0.29, 0.717) is 23.5 Å². The zero-order valence-corrected chi connectivity index (χ0v) is 26.2. The van der Waals surface area contributed by atoms with Crippen LogP contribution in [0.25, 0.3) is 11.0 Å². The molecule has 0 unspecified atom stereocenters. The second kappa shape index (κ2) is 18.9. The van der Waals surface area contributed by atoms with Gasteiger partial charge in [0, 0.05) is 19.2 Å². The molecular formula is C32H53N5O6. The monoisotopic (exact) mass is 603 g/mol. The summed E-state index contributed by atoms with van der Waals surface area (Å²) >= 11 is 0. The molecule has 3 atom stereocenters. The van der Waals surface area contributed by atoms with Gasteiger partial charge in [-0.1, -0.05) is 90.4 Å². The van der Waals surface area contributed by atoms with Gasteiger partial charge in [-0.2, -0.15) is 0 Å². The first kappa shape index (κ1) is 34.9. The fraction of sp³-hybridized carbons (Fsp3) is 0.750. The number of amides is 2. The van der Waals surface area contributed by atoms with Gasteiger partial charge in [0.25, 0.3) is 5.91 Å². The summed E-state index contributed by atoms with van der Waals surface area (Å²) in [5, 5.41) is 22.7. The molecule has 1 fully saturated rings. The molecule has 242 valence electrons. The molecule has 3 heterocycles. The van der Waals surface area contributed by atoms with Crippen molar-refractivity contribution in [1.29, 1.82) is 0 Å². The summed E-state index contributed by atoms with van der Waals surface area (Å²) in [6.07, 6.45) is 17.8. The van der Waals surface area contributed by atoms with Crippen molar-refractivity contribution in [3.05, 3.63) is 17.6 Å². The lowest BCUT2D eigenvalue weighted by atomic mass is 10.0. The van der Waals surface area contributed by atoms with Crippen LogP contribution in [0.2, 0.25) is 0 Å². The molecule has 11 nitrogen and oxygen atoms in total. The maximum Gasteiger partial charge on any atom is 0.251 e. The zero-order chi connectivity index (χ0) is 31.0. The number of anilines is 1. The number of rotatable bonds is 22. The predicted octanol–water partition coefficient (Wildman–Crippen LogP) is 5.31. The predicted molar refractivity (Wildman–Crippen MR) is 167 cm³/mol. The molecule has 2 aromatic heterocycles. The van der Waals surface area contributed by atoms with Crippen LogP contribution in [0.15, 0.2) is 6.20 Å². The lowest BCUT2D eigenvalue weighted by molar-refractivity contribution is -0.117. The molecule has 0 saturated carbocycles. The first-order chi connectivity index (χ1) is 20.8. The second-order valence-electron chi connectivity index (χ2n) is 11.8. The Morgan fingerprint density at radius 2 is 1.60 bits per heavy atom. The van der Waals surface area contributed by atoms with E-state index in [9.17, 15) is 19.8 Å². The topological polar surface area (TPSA) is 162 Å². The second-order valence-corrected chi connectivity index (χ2v) is 11.8. The van der Waals surface area contributed by atoms with Crippen LogP contribution in [0.3, 0.4) is 0 Å². The Labute approximate surface area is 255 Å². The number of nitrogens with one attached hydrogen (secondary N) is 1. The largest absolute Gasteiger partial charge is 0.394 e. The molecule has 0 radical (unpaired) electrons. The third-order valence-corrected chi connectivity index (χ3v) is 8.12. The molecule has 2 amide bonds. The standard InChI is InChI=1S/C32H53N5O6/c1-3-4-5-6-7-8-9-10-11-12-13-14-15-16-18-42-19-17-27(40)36-31-29-24(30(33)41)21-37(32(29)35-23(2)34-31)28-20-25(39)26(22-38)43-28/h21,25-26,28,38-39H,3-20,22H2,1-2H3,(H2,33,41)(H,34,35,36,40)/t25-,26+,28+/m0/s1. The molecular weight excluding hydrogens is 550 g/mol. The van der Waals surface area contributed by atoms with Crippen molar-refractivity contribution in [2.75, 3.05) is 25.1 Å². The third-order valence-electron chi connectivity index (χ3n) is 8.12. The highest BCUT2D eigenvalue weighted by Crippen LogP contribution is 2.35. The third kappa shape index (κ3) is 11.1. The normalized spacial score (nSPS) is 18.5. The summed E-state index contributed by atoms with van der Waals surface area (Å²) in [5.41, 5.74) is 6.12. The van der Waals surface area contributed by atoms with E-state index in [-0.39, 0.29) is 43.3 Å². The number of aromatic nitrogens is 3. The Kier molecular flexibility index (Phi) is 15.4. The van der Waals surface area contributed by atoms with Gasteiger partial charge in [0.1, 0.15) is 29.6 Å². The van der Waals surface area contributed by atoms with Crippen LogP contribution in [-0.4, -0.2) is 68.6 Å². The van der Waals surface area contributed by atoms with Crippen LogP contribution < -0.4 is 11.1 Å². The van der Waals surface area contributed by atoms with Crippen molar-refractivity contribution in [3.8, 4) is 0 Å². The quantitative estimate of drug-likeness (QED) is 0.132. The van der Waals surface area contributed by atoms with Crippen LogP contribution in [0.5, 0.6) is 0 Å². The minimum atomic E-state index is -0.865. The van der Waals surface area contributed by atoms with Gasteiger partial charge in [0.2, 0.25) is 5.91 Å². The Morgan fingerprint density at radius 3 is 2.16 bits per heavy atom. The number of nitrogens with zero attached hydrogens (tertiary/aromatic N) is 3. The molecule has 0 bridgehead atoms. The average Bonchev–Trinajstić information content (AvgIpc) is 3.55. The van der Waals surface area contributed by atoms with Gasteiger partial charge in [-0.15, -0.1) is 0 Å². The van der Waals surface area contributed by atoms with Gasteiger partial charge in [0.15, 0.2) is 0 Å². The minimum absolute atomic E-state index is 0.130. The lowest BCUT2D eigenvalue weighted by Crippen LogP contribution is -2.24. The Hall–Kier alpha value is -2.60. The molecule has 5 N–H and O–H groups in total. The number of carbonyl (C=O) groups excluding carboxylic acids is 2. The highest BCUT2D eigenvalue weighted by atomic mass is 16.5. The fourth-order valence-electron chi connectivity index (χ4n) is 5.66. The number of nitrogens with two attached hydrogens (primary N) is 1. The van der Waals surface area contributed by atoms with E-state index in [0.717, 1.165) is 12.8 Å². The van der Waals surface area contributed by atoms with E-state index in [4.69, 9.17) is 15.2 Å². The van der Waals surface area contributed by atoms with Crippen LogP contribution in [0.1, 0.15) is 132 Å². The summed E-state index contributed by atoms with van der Waals surface area (Å²) in [6.45, 7) is 4.51. The summed E-state index contributed by atoms with van der Waals surface area (Å²) in [4.78, 5) is 33.8. The molecule has 11 heteroatoms. The SMILES string of the molecule is CCCCCCCCCCCCCCCCOCCC(=O)Nc1nc(C)nc2c1c(C(N)=O)cn2[C@H]1C[C@H](O)[C@@H](CO)O1. The van der Waals surface area contributed by atoms with Crippen LogP contribution in [-0.2, 0) is 14.3 Å². The van der Waals surface area contributed by atoms with Crippen LogP contribution in [0, 0.1) is 6.92 Å². The summed E-state index contributed by atoms with van der Waals surface area (Å²) < 4.78 is 13.0. The van der Waals surface area contributed by atoms with Crippen molar-refractivity contribution in [1.82, 2.24) is 14.5 Å². The Morgan fingerprint density at radius 1 is 1.00 bits per heavy atom. The highest BCUT2D eigenvalue weighted by molar-refractivity contribution is 6.11. The van der Waals surface area contributed by atoms with E-state index >= 15 is 0 Å². The zero-order valence-electron chi connectivity index (χ0n) is 26.2. The van der Waals surface area contributed by atoms with Gasteiger partial charge in [-0.25, -0.2) is 9.97 Å². The fourth-order valence-corrected chi connectivity index (χ4v) is 5.66. The Balaban J connectivity index is 1.36. The lowest BCUT2D eigenvalue weighted by Gasteiger charge is -2.15. The Bertz CT molecular complexity index is 1140. The van der Waals surface area contributed by atoms with E-state index in [1.165, 1.54) is 83.2 Å². The van der Waals surface area contributed by atoms with Gasteiger partial charge in [-0.3, -0.25) is 9.59 Å².